The Bertz CT molecular complexity index is 683. The highest BCUT2D eigenvalue weighted by Gasteiger charge is 2.32. The molecule has 1 amide bonds. The van der Waals surface area contributed by atoms with Crippen molar-refractivity contribution in [2.24, 2.45) is 5.41 Å². The molecule has 1 aliphatic carbocycles. The van der Waals surface area contributed by atoms with Crippen LogP contribution in [0.4, 0.5) is 4.39 Å². The number of amides is 1. The fourth-order valence-electron chi connectivity index (χ4n) is 3.54. The summed E-state index contributed by atoms with van der Waals surface area (Å²) in [5.74, 6) is -0.445. The molecule has 1 saturated carbocycles. The van der Waals surface area contributed by atoms with Gasteiger partial charge in [0.25, 0.3) is 5.91 Å². The molecule has 0 spiro atoms. The van der Waals surface area contributed by atoms with E-state index in [2.05, 4.69) is 5.32 Å². The third-order valence-electron chi connectivity index (χ3n) is 4.88. The predicted octanol–water partition coefficient (Wildman–Crippen LogP) is 3.63. The van der Waals surface area contributed by atoms with Gasteiger partial charge in [-0.25, -0.2) is 4.39 Å². The Labute approximate surface area is 134 Å². The highest BCUT2D eigenvalue weighted by Crippen LogP contribution is 2.38. The van der Waals surface area contributed by atoms with Crippen LogP contribution in [0.5, 0.6) is 0 Å². The summed E-state index contributed by atoms with van der Waals surface area (Å²) in [7, 11) is 0. The minimum Gasteiger partial charge on any atom is -0.451 e. The first-order valence-electron chi connectivity index (χ1n) is 8.20. The summed E-state index contributed by atoms with van der Waals surface area (Å²) in [5, 5.41) is 12.8. The van der Waals surface area contributed by atoms with Crippen molar-refractivity contribution in [1.82, 2.24) is 5.32 Å². The number of hydrogen-bond acceptors (Lipinski definition) is 3. The zero-order valence-corrected chi connectivity index (χ0v) is 13.1. The lowest BCUT2D eigenvalue weighted by Gasteiger charge is -2.37. The van der Waals surface area contributed by atoms with Gasteiger partial charge < -0.3 is 14.8 Å². The maximum atomic E-state index is 13.2. The SMILES string of the molecule is O=C(NCC1(CCO)CCCCC1)c1cc2cc(F)ccc2o1. The van der Waals surface area contributed by atoms with E-state index < -0.39 is 0 Å². The Hall–Kier alpha value is -1.88. The summed E-state index contributed by atoms with van der Waals surface area (Å²) in [6, 6.07) is 5.75. The fraction of sp³-hybridized carbons (Fsp3) is 0.500. The van der Waals surface area contributed by atoms with E-state index in [1.807, 2.05) is 0 Å². The molecule has 124 valence electrons. The van der Waals surface area contributed by atoms with E-state index in [0.29, 0.717) is 23.9 Å². The Morgan fingerprint density at radius 1 is 1.26 bits per heavy atom. The number of halogens is 1. The number of aliphatic hydroxyl groups excluding tert-OH is 1. The standard InChI is InChI=1S/C18H22FNO3/c19-14-4-5-15-13(10-14)11-16(23-15)17(22)20-12-18(8-9-21)6-2-1-3-7-18/h4-5,10-11,21H,1-3,6-9,12H2,(H,20,22). The molecule has 23 heavy (non-hydrogen) atoms. The molecule has 4 nitrogen and oxygen atoms in total. The van der Waals surface area contributed by atoms with Crippen molar-refractivity contribution >= 4 is 16.9 Å². The quantitative estimate of drug-likeness (QED) is 0.884. The van der Waals surface area contributed by atoms with E-state index in [1.54, 1.807) is 6.07 Å². The highest BCUT2D eigenvalue weighted by atomic mass is 19.1. The predicted molar refractivity (Wildman–Crippen MR) is 85.7 cm³/mol. The van der Waals surface area contributed by atoms with Crippen molar-refractivity contribution in [3.05, 3.63) is 35.8 Å². The average molecular weight is 319 g/mol. The van der Waals surface area contributed by atoms with Gasteiger partial charge in [-0.15, -0.1) is 0 Å². The number of fused-ring (bicyclic) bond motifs is 1. The van der Waals surface area contributed by atoms with Crippen LogP contribution in [0.25, 0.3) is 11.0 Å². The van der Waals surface area contributed by atoms with E-state index in [-0.39, 0.29) is 29.5 Å². The molecule has 1 aromatic heterocycles. The topological polar surface area (TPSA) is 62.5 Å². The first-order chi connectivity index (χ1) is 11.1. The van der Waals surface area contributed by atoms with Crippen LogP contribution in [-0.4, -0.2) is 24.2 Å². The van der Waals surface area contributed by atoms with Crippen LogP contribution in [0.1, 0.15) is 49.1 Å². The van der Waals surface area contributed by atoms with Gasteiger partial charge >= 0.3 is 0 Å². The van der Waals surface area contributed by atoms with Crippen molar-refractivity contribution in [3.63, 3.8) is 0 Å². The first-order valence-corrected chi connectivity index (χ1v) is 8.20. The van der Waals surface area contributed by atoms with Gasteiger partial charge in [0.05, 0.1) is 0 Å². The molecular weight excluding hydrogens is 297 g/mol. The van der Waals surface area contributed by atoms with Gasteiger partial charge in [0, 0.05) is 18.5 Å². The molecule has 2 N–H and O–H groups in total. The van der Waals surface area contributed by atoms with Crippen LogP contribution in [0.2, 0.25) is 0 Å². The fourth-order valence-corrected chi connectivity index (χ4v) is 3.54. The van der Waals surface area contributed by atoms with Crippen LogP contribution in [-0.2, 0) is 0 Å². The van der Waals surface area contributed by atoms with Crippen LogP contribution in [0.15, 0.2) is 28.7 Å². The number of carbonyl (C=O) groups excluding carboxylic acids is 1. The number of rotatable bonds is 5. The summed E-state index contributed by atoms with van der Waals surface area (Å²) in [6.45, 7) is 0.678. The molecular formula is C18H22FNO3. The lowest BCUT2D eigenvalue weighted by molar-refractivity contribution is 0.0846. The van der Waals surface area contributed by atoms with Gasteiger partial charge in [-0.2, -0.15) is 0 Å². The van der Waals surface area contributed by atoms with Crippen molar-refractivity contribution < 1.29 is 18.7 Å². The molecule has 1 fully saturated rings. The molecule has 0 saturated heterocycles. The second kappa shape index (κ2) is 6.71. The summed E-state index contributed by atoms with van der Waals surface area (Å²) < 4.78 is 18.7. The Morgan fingerprint density at radius 3 is 2.78 bits per heavy atom. The maximum absolute atomic E-state index is 13.2. The summed E-state index contributed by atoms with van der Waals surface area (Å²) in [6.07, 6.45) is 6.26. The molecule has 0 unspecified atom stereocenters. The summed E-state index contributed by atoms with van der Waals surface area (Å²) >= 11 is 0. The Morgan fingerprint density at radius 2 is 2.04 bits per heavy atom. The zero-order chi connectivity index (χ0) is 16.3. The van der Waals surface area contributed by atoms with E-state index >= 15 is 0 Å². The van der Waals surface area contributed by atoms with E-state index in [1.165, 1.54) is 24.6 Å². The van der Waals surface area contributed by atoms with E-state index in [9.17, 15) is 14.3 Å². The molecule has 0 bridgehead atoms. The third kappa shape index (κ3) is 3.55. The van der Waals surface area contributed by atoms with Gasteiger partial charge in [-0.3, -0.25) is 4.79 Å². The van der Waals surface area contributed by atoms with Crippen molar-refractivity contribution in [2.75, 3.05) is 13.2 Å². The number of benzene rings is 1. The van der Waals surface area contributed by atoms with Crippen molar-refractivity contribution in [2.45, 2.75) is 38.5 Å². The number of aliphatic hydroxyl groups is 1. The monoisotopic (exact) mass is 319 g/mol. The molecule has 0 radical (unpaired) electrons. The van der Waals surface area contributed by atoms with Gasteiger partial charge in [0.2, 0.25) is 0 Å². The minimum atomic E-state index is -0.352. The lowest BCUT2D eigenvalue weighted by atomic mass is 9.72. The van der Waals surface area contributed by atoms with Crippen LogP contribution >= 0.6 is 0 Å². The molecule has 1 heterocycles. The smallest absolute Gasteiger partial charge is 0.287 e. The molecule has 5 heteroatoms. The second-order valence-electron chi connectivity index (χ2n) is 6.51. The molecule has 3 rings (SSSR count). The van der Waals surface area contributed by atoms with E-state index in [4.69, 9.17) is 4.42 Å². The molecule has 1 aromatic carbocycles. The number of furan rings is 1. The van der Waals surface area contributed by atoms with E-state index in [0.717, 1.165) is 25.7 Å². The van der Waals surface area contributed by atoms with Crippen LogP contribution in [0.3, 0.4) is 0 Å². The lowest BCUT2D eigenvalue weighted by Crippen LogP contribution is -2.39. The Kier molecular flexibility index (Phi) is 4.66. The van der Waals surface area contributed by atoms with Gasteiger partial charge in [0.15, 0.2) is 5.76 Å². The Balaban J connectivity index is 1.69. The number of nitrogens with one attached hydrogen (secondary N) is 1. The number of hydrogen-bond donors (Lipinski definition) is 2. The minimum absolute atomic E-state index is 0.0131. The van der Waals surface area contributed by atoms with Crippen LogP contribution in [0, 0.1) is 11.2 Å². The first kappa shape index (κ1) is 16.0. The highest BCUT2D eigenvalue weighted by molar-refractivity contribution is 5.96. The van der Waals surface area contributed by atoms with Gasteiger partial charge in [0.1, 0.15) is 11.4 Å². The van der Waals surface area contributed by atoms with Crippen molar-refractivity contribution in [1.29, 1.82) is 0 Å². The van der Waals surface area contributed by atoms with Gasteiger partial charge in [-0.05, 0) is 48.9 Å². The largest absolute Gasteiger partial charge is 0.451 e. The van der Waals surface area contributed by atoms with Gasteiger partial charge in [-0.1, -0.05) is 19.3 Å². The third-order valence-corrected chi connectivity index (χ3v) is 4.88. The summed E-state index contributed by atoms with van der Waals surface area (Å²) in [4.78, 5) is 12.3. The molecule has 0 atom stereocenters. The van der Waals surface area contributed by atoms with Crippen molar-refractivity contribution in [3.8, 4) is 0 Å². The normalized spacial score (nSPS) is 17.3. The molecule has 0 aliphatic heterocycles. The second-order valence-corrected chi connectivity index (χ2v) is 6.51. The summed E-state index contributed by atoms with van der Waals surface area (Å²) in [5.41, 5.74) is 0.486. The zero-order valence-electron chi connectivity index (χ0n) is 13.1. The molecule has 1 aliphatic rings. The van der Waals surface area contributed by atoms with Crippen LogP contribution < -0.4 is 5.32 Å². The average Bonchev–Trinajstić information content (AvgIpc) is 2.97. The molecule has 2 aromatic rings. The maximum Gasteiger partial charge on any atom is 0.287 e. The number of carbonyl (C=O) groups is 1.